The van der Waals surface area contributed by atoms with Gasteiger partial charge < -0.3 is 5.32 Å². The zero-order valence-electron chi connectivity index (χ0n) is 12.0. The predicted octanol–water partition coefficient (Wildman–Crippen LogP) is 3.82. The van der Waals surface area contributed by atoms with E-state index in [0.29, 0.717) is 12.1 Å². The van der Waals surface area contributed by atoms with Crippen LogP contribution >= 0.6 is 11.5 Å². The van der Waals surface area contributed by atoms with Crippen molar-refractivity contribution in [1.29, 1.82) is 0 Å². The molecule has 0 aliphatic carbocycles. The minimum Gasteiger partial charge on any atom is -0.323 e. The predicted molar refractivity (Wildman–Crippen MR) is 86.8 cm³/mol. The molecule has 1 aliphatic rings. The summed E-state index contributed by atoms with van der Waals surface area (Å²) in [5, 5.41) is 2.92. The molecule has 0 spiro atoms. The van der Waals surface area contributed by atoms with Crippen molar-refractivity contribution >= 4 is 23.1 Å². The largest absolute Gasteiger partial charge is 0.323 e. The van der Waals surface area contributed by atoms with E-state index in [1.165, 1.54) is 23.7 Å². The second-order valence-corrected chi connectivity index (χ2v) is 6.17. The molecule has 23 heavy (non-hydrogen) atoms. The number of carbonyl (C=O) groups excluding carboxylic acids is 1. The number of hydrogen-bond acceptors (Lipinski definition) is 4. The maximum Gasteiger partial charge on any atom is 0.225 e. The Hall–Kier alpha value is -2.60. The summed E-state index contributed by atoms with van der Waals surface area (Å²) in [6.07, 6.45) is 3.87. The van der Waals surface area contributed by atoms with Crippen molar-refractivity contribution in [3.05, 3.63) is 65.0 Å². The van der Waals surface area contributed by atoms with E-state index in [2.05, 4.69) is 14.7 Å². The first-order valence-corrected chi connectivity index (χ1v) is 7.95. The molecule has 0 fully saturated rings. The van der Waals surface area contributed by atoms with Crippen molar-refractivity contribution in [2.24, 2.45) is 0 Å². The van der Waals surface area contributed by atoms with Gasteiger partial charge in [0.05, 0.1) is 10.6 Å². The molecule has 2 aromatic heterocycles. The van der Waals surface area contributed by atoms with Crippen molar-refractivity contribution in [2.45, 2.75) is 12.3 Å². The highest BCUT2D eigenvalue weighted by atomic mass is 32.1. The molecular formula is C17H12FN3OS. The number of amides is 1. The van der Waals surface area contributed by atoms with Gasteiger partial charge >= 0.3 is 0 Å². The molecule has 0 radical (unpaired) electrons. The molecule has 0 saturated carbocycles. The second-order valence-electron chi connectivity index (χ2n) is 5.37. The number of pyridine rings is 1. The third-order valence-electron chi connectivity index (χ3n) is 3.89. The van der Waals surface area contributed by atoms with Crippen molar-refractivity contribution in [2.75, 3.05) is 5.32 Å². The van der Waals surface area contributed by atoms with Gasteiger partial charge in [-0.15, -0.1) is 0 Å². The quantitative estimate of drug-likeness (QED) is 0.779. The standard InChI is InChI=1S/C17H12FN3OS/c18-12-5-3-10(4-6-12)15-16-17(23-21-15)13(8-14(22)20-16)11-2-1-7-19-9-11/h1-7,9,13H,8H2,(H,20,22)/t13-/m0/s1. The molecule has 1 N–H and O–H groups in total. The summed E-state index contributed by atoms with van der Waals surface area (Å²) in [6, 6.07) is 9.96. The van der Waals surface area contributed by atoms with Crippen LogP contribution in [0.15, 0.2) is 48.8 Å². The van der Waals surface area contributed by atoms with Crippen molar-refractivity contribution in [3.8, 4) is 11.3 Å². The zero-order chi connectivity index (χ0) is 15.8. The lowest BCUT2D eigenvalue weighted by atomic mass is 9.90. The molecule has 3 aromatic rings. The van der Waals surface area contributed by atoms with Crippen LogP contribution in [-0.4, -0.2) is 15.3 Å². The first kappa shape index (κ1) is 14.0. The molecule has 1 atom stereocenters. The van der Waals surface area contributed by atoms with E-state index >= 15 is 0 Å². The van der Waals surface area contributed by atoms with Gasteiger partial charge in [0, 0.05) is 30.3 Å². The fraction of sp³-hybridized carbons (Fsp3) is 0.118. The normalized spacial score (nSPS) is 16.7. The van der Waals surface area contributed by atoms with Gasteiger partial charge in [-0.2, -0.15) is 4.37 Å². The third kappa shape index (κ3) is 2.51. The Balaban J connectivity index is 1.81. The molecule has 0 unspecified atom stereocenters. The number of halogens is 1. The summed E-state index contributed by atoms with van der Waals surface area (Å²) in [5.74, 6) is -0.385. The van der Waals surface area contributed by atoms with Gasteiger partial charge in [-0.05, 0) is 47.4 Å². The molecule has 1 aliphatic heterocycles. The number of aromatic nitrogens is 2. The van der Waals surface area contributed by atoms with Crippen LogP contribution in [-0.2, 0) is 4.79 Å². The van der Waals surface area contributed by atoms with Gasteiger partial charge in [-0.25, -0.2) is 4.39 Å². The zero-order valence-corrected chi connectivity index (χ0v) is 12.8. The molecule has 114 valence electrons. The Kier molecular flexibility index (Phi) is 3.38. The average Bonchev–Trinajstić information content (AvgIpc) is 2.99. The lowest BCUT2D eigenvalue weighted by molar-refractivity contribution is -0.116. The summed E-state index contributed by atoms with van der Waals surface area (Å²) in [7, 11) is 0. The summed E-state index contributed by atoms with van der Waals surface area (Å²) in [6.45, 7) is 0. The fourth-order valence-corrected chi connectivity index (χ4v) is 3.76. The van der Waals surface area contributed by atoms with Crippen molar-refractivity contribution in [1.82, 2.24) is 9.36 Å². The number of carbonyl (C=O) groups is 1. The van der Waals surface area contributed by atoms with E-state index in [9.17, 15) is 9.18 Å². The van der Waals surface area contributed by atoms with Crippen LogP contribution in [0, 0.1) is 5.82 Å². The maximum atomic E-state index is 13.1. The number of anilines is 1. The second kappa shape index (κ2) is 5.55. The van der Waals surface area contributed by atoms with E-state index < -0.39 is 0 Å². The Morgan fingerprint density at radius 3 is 2.78 bits per heavy atom. The van der Waals surface area contributed by atoms with Crippen LogP contribution in [0.25, 0.3) is 11.3 Å². The third-order valence-corrected chi connectivity index (χ3v) is 4.85. The molecule has 0 bridgehead atoms. The minimum atomic E-state index is -0.296. The minimum absolute atomic E-state index is 0.0425. The highest BCUT2D eigenvalue weighted by Gasteiger charge is 2.31. The molecule has 4 rings (SSSR count). The highest BCUT2D eigenvalue weighted by Crippen LogP contribution is 2.44. The van der Waals surface area contributed by atoms with Crippen LogP contribution in [0.5, 0.6) is 0 Å². The highest BCUT2D eigenvalue weighted by molar-refractivity contribution is 7.07. The summed E-state index contributed by atoms with van der Waals surface area (Å²) >= 11 is 1.37. The lowest BCUT2D eigenvalue weighted by Crippen LogP contribution is -2.22. The number of nitrogens with zero attached hydrogens (tertiary/aromatic N) is 2. The van der Waals surface area contributed by atoms with Gasteiger partial charge in [-0.1, -0.05) is 6.07 Å². The molecule has 3 heterocycles. The van der Waals surface area contributed by atoms with Crippen LogP contribution in [0.3, 0.4) is 0 Å². The Morgan fingerprint density at radius 2 is 2.04 bits per heavy atom. The van der Waals surface area contributed by atoms with Crippen LogP contribution in [0.4, 0.5) is 10.1 Å². The number of hydrogen-bond donors (Lipinski definition) is 1. The van der Waals surface area contributed by atoms with Gasteiger partial charge in [0.2, 0.25) is 5.91 Å². The van der Waals surface area contributed by atoms with Crippen molar-refractivity contribution in [3.63, 3.8) is 0 Å². The molecule has 6 heteroatoms. The van der Waals surface area contributed by atoms with Gasteiger partial charge in [-0.3, -0.25) is 9.78 Å². The molecule has 0 saturated heterocycles. The molecule has 4 nitrogen and oxygen atoms in total. The average molecular weight is 325 g/mol. The van der Waals surface area contributed by atoms with Crippen LogP contribution in [0.2, 0.25) is 0 Å². The van der Waals surface area contributed by atoms with Crippen LogP contribution < -0.4 is 5.32 Å². The smallest absolute Gasteiger partial charge is 0.225 e. The van der Waals surface area contributed by atoms with Gasteiger partial charge in [0.1, 0.15) is 11.5 Å². The van der Waals surface area contributed by atoms with Crippen LogP contribution in [0.1, 0.15) is 22.8 Å². The Labute approximate surface area is 136 Å². The lowest BCUT2D eigenvalue weighted by Gasteiger charge is -2.22. The summed E-state index contributed by atoms with van der Waals surface area (Å²) in [4.78, 5) is 17.3. The Morgan fingerprint density at radius 1 is 1.22 bits per heavy atom. The monoisotopic (exact) mass is 325 g/mol. The summed E-state index contributed by atoms with van der Waals surface area (Å²) in [5.41, 5.74) is 3.20. The molecular weight excluding hydrogens is 313 g/mol. The van der Waals surface area contributed by atoms with E-state index in [0.717, 1.165) is 21.7 Å². The fourth-order valence-electron chi connectivity index (χ4n) is 2.79. The summed E-state index contributed by atoms with van der Waals surface area (Å²) < 4.78 is 17.6. The van der Waals surface area contributed by atoms with Gasteiger partial charge in [0.15, 0.2) is 0 Å². The van der Waals surface area contributed by atoms with Crippen molar-refractivity contribution < 1.29 is 9.18 Å². The number of rotatable bonds is 2. The number of nitrogens with one attached hydrogen (secondary N) is 1. The number of fused-ring (bicyclic) bond motifs is 1. The number of benzene rings is 1. The SMILES string of the molecule is O=C1C[C@@H](c2cccnc2)c2snc(-c3ccc(F)cc3)c2N1. The van der Waals surface area contributed by atoms with Gasteiger partial charge in [0.25, 0.3) is 0 Å². The first-order chi connectivity index (χ1) is 11.2. The molecule has 1 aromatic carbocycles. The topological polar surface area (TPSA) is 54.9 Å². The Bertz CT molecular complexity index is 861. The first-order valence-electron chi connectivity index (χ1n) is 7.17. The van der Waals surface area contributed by atoms with E-state index in [1.807, 2.05) is 12.1 Å². The molecule has 1 amide bonds. The maximum absolute atomic E-state index is 13.1. The van der Waals surface area contributed by atoms with E-state index in [1.54, 1.807) is 24.5 Å². The van der Waals surface area contributed by atoms with E-state index in [4.69, 9.17) is 0 Å². The van der Waals surface area contributed by atoms with E-state index in [-0.39, 0.29) is 17.6 Å².